The molecule has 7 rings (SSSR count). The van der Waals surface area contributed by atoms with Gasteiger partial charge in [0, 0.05) is 54.9 Å². The summed E-state index contributed by atoms with van der Waals surface area (Å²) in [5.41, 5.74) is 0.513. The summed E-state index contributed by atoms with van der Waals surface area (Å²) >= 11 is 4.86. The molecule has 3 aliphatic rings. The second kappa shape index (κ2) is 14.4. The predicted octanol–water partition coefficient (Wildman–Crippen LogP) is 7.63. The van der Waals surface area contributed by atoms with E-state index in [4.69, 9.17) is 34.9 Å². The molecule has 0 bridgehead atoms. The van der Waals surface area contributed by atoms with Crippen LogP contribution in [-0.4, -0.2) is 52.0 Å². The fourth-order valence-electron chi connectivity index (χ4n) is 5.95. The number of hydrogen-bond acceptors (Lipinski definition) is 9. The predicted molar refractivity (Wildman–Crippen MR) is 175 cm³/mol. The number of carbonyl (C=O) groups excluding carboxylic acids is 1. The molecule has 1 amide bonds. The summed E-state index contributed by atoms with van der Waals surface area (Å²) in [6.45, 7) is 2.73. The molecular weight excluding hydrogens is 667 g/mol. The Morgan fingerprint density at radius 2 is 1.81 bits per heavy atom. The van der Waals surface area contributed by atoms with Gasteiger partial charge in [0.15, 0.2) is 6.23 Å². The molecule has 5 heterocycles. The summed E-state index contributed by atoms with van der Waals surface area (Å²) in [5.74, 6) is 0.109. The quantitative estimate of drug-likeness (QED) is 0.139. The molecule has 15 heteroatoms. The summed E-state index contributed by atoms with van der Waals surface area (Å²) in [4.78, 5) is 20.4. The Morgan fingerprint density at radius 3 is 2.52 bits per heavy atom. The maximum absolute atomic E-state index is 13.4. The van der Waals surface area contributed by atoms with Crippen LogP contribution in [-0.2, 0) is 31.5 Å². The van der Waals surface area contributed by atoms with E-state index in [1.165, 1.54) is 30.5 Å². The fourth-order valence-corrected chi connectivity index (χ4v) is 7.14. The van der Waals surface area contributed by atoms with Crippen molar-refractivity contribution in [3.05, 3.63) is 89.7 Å². The van der Waals surface area contributed by atoms with Crippen LogP contribution in [0.4, 0.5) is 20.3 Å². The summed E-state index contributed by atoms with van der Waals surface area (Å²) in [6.07, 6.45) is 6.43. The lowest BCUT2D eigenvalue weighted by Gasteiger charge is -2.26. The lowest BCUT2D eigenvalue weighted by Crippen LogP contribution is -2.25. The smallest absolute Gasteiger partial charge is 0.420 e. The number of hydrogen-bond donors (Lipinski definition) is 1. The molecule has 2 unspecified atom stereocenters. The first-order valence-corrected chi connectivity index (χ1v) is 17.1. The molecule has 2 aromatic carbocycles. The molecular formula is C33H33ClF2N5O6P. The van der Waals surface area contributed by atoms with Gasteiger partial charge in [0.05, 0.1) is 30.6 Å². The van der Waals surface area contributed by atoms with Crippen LogP contribution in [0.2, 0.25) is 0 Å². The molecule has 48 heavy (non-hydrogen) atoms. The number of benzene rings is 2. The van der Waals surface area contributed by atoms with Gasteiger partial charge in [-0.25, -0.2) is 9.67 Å². The van der Waals surface area contributed by atoms with Crippen molar-refractivity contribution in [3.63, 3.8) is 0 Å². The molecule has 2 aromatic heterocycles. The highest BCUT2D eigenvalue weighted by Gasteiger charge is 2.32. The highest BCUT2D eigenvalue weighted by atomic mass is 35.5. The second-order valence-electron chi connectivity index (χ2n) is 11.6. The van der Waals surface area contributed by atoms with Gasteiger partial charge >= 0.3 is 14.2 Å². The minimum atomic E-state index is -3.84. The molecule has 3 aliphatic heterocycles. The number of carbonyl (C=O) groups is 1. The number of alkyl halides is 3. The number of rotatable bonds is 9. The number of ether oxygens (including phenoxy) is 2. The first-order valence-electron chi connectivity index (χ1n) is 15.7. The summed E-state index contributed by atoms with van der Waals surface area (Å²) < 4.78 is 56.6. The normalized spacial score (nSPS) is 20.3. The van der Waals surface area contributed by atoms with Crippen LogP contribution in [0, 0.1) is 0 Å². The fraction of sp³-hybridized carbons (Fsp3) is 0.364. The van der Waals surface area contributed by atoms with Crippen LogP contribution < -0.4 is 15.0 Å². The Balaban J connectivity index is 1.11. The molecule has 0 aliphatic carbocycles. The molecule has 0 spiro atoms. The lowest BCUT2D eigenvalue weighted by atomic mass is 10.1. The third-order valence-corrected chi connectivity index (χ3v) is 9.53. The topological polar surface area (TPSA) is 109 Å². The van der Waals surface area contributed by atoms with E-state index >= 15 is 0 Å². The van der Waals surface area contributed by atoms with Crippen molar-refractivity contribution in [1.82, 2.24) is 14.8 Å². The van der Waals surface area contributed by atoms with E-state index in [0.717, 1.165) is 42.5 Å². The van der Waals surface area contributed by atoms with Crippen molar-refractivity contribution in [2.45, 2.75) is 56.8 Å². The van der Waals surface area contributed by atoms with E-state index in [1.807, 2.05) is 35.0 Å². The van der Waals surface area contributed by atoms with E-state index in [1.54, 1.807) is 12.3 Å². The third-order valence-electron chi connectivity index (χ3n) is 8.30. The van der Waals surface area contributed by atoms with Gasteiger partial charge in [-0.2, -0.15) is 5.10 Å². The van der Waals surface area contributed by atoms with Crippen molar-refractivity contribution in [2.75, 3.05) is 29.9 Å². The van der Waals surface area contributed by atoms with Crippen molar-refractivity contribution < 1.29 is 36.6 Å². The van der Waals surface area contributed by atoms with E-state index in [9.17, 15) is 13.6 Å². The van der Waals surface area contributed by atoms with Crippen molar-refractivity contribution in [1.29, 1.82) is 0 Å². The summed E-state index contributed by atoms with van der Waals surface area (Å²) in [7, 11) is -1.53. The van der Waals surface area contributed by atoms with Gasteiger partial charge in [-0.05, 0) is 73.2 Å². The number of nitrogens with zero attached hydrogens (tertiary/aromatic N) is 4. The molecule has 0 saturated carbocycles. The maximum Gasteiger partial charge on any atom is 0.487 e. The Bertz CT molecular complexity index is 1710. The van der Waals surface area contributed by atoms with Gasteiger partial charge in [-0.15, -0.1) is 8.78 Å². The highest BCUT2D eigenvalue weighted by Crippen LogP contribution is 2.47. The van der Waals surface area contributed by atoms with Gasteiger partial charge < -0.3 is 33.3 Å². The van der Waals surface area contributed by atoms with Crippen LogP contribution in [0.5, 0.6) is 5.75 Å². The number of fused-ring (bicyclic) bond motifs is 1. The molecule has 1 N–H and O–H groups in total. The van der Waals surface area contributed by atoms with E-state index < -0.39 is 20.1 Å². The monoisotopic (exact) mass is 699 g/mol. The molecule has 2 saturated heterocycles. The number of halogens is 3. The lowest BCUT2D eigenvalue weighted by molar-refractivity contribution is -0.0964. The number of aromatic nitrogens is 3. The molecule has 0 radical (unpaired) electrons. The minimum absolute atomic E-state index is 0.143. The Hall–Kier alpha value is -3.71. The van der Waals surface area contributed by atoms with Crippen LogP contribution in [0.25, 0.3) is 11.3 Å². The van der Waals surface area contributed by atoms with Crippen LogP contribution in [0.3, 0.4) is 0 Å². The first kappa shape index (κ1) is 32.8. The van der Waals surface area contributed by atoms with Crippen LogP contribution >= 0.6 is 20.2 Å². The number of nitrogens with one attached hydrogen (secondary N) is 1. The Morgan fingerprint density at radius 1 is 1.04 bits per heavy atom. The van der Waals surface area contributed by atoms with E-state index in [-0.39, 0.29) is 18.1 Å². The summed E-state index contributed by atoms with van der Waals surface area (Å²) in [5, 5.41) is 7.38. The van der Waals surface area contributed by atoms with Crippen LogP contribution in [0.15, 0.2) is 73.1 Å². The zero-order valence-corrected chi connectivity index (χ0v) is 27.4. The van der Waals surface area contributed by atoms with Gasteiger partial charge in [-0.1, -0.05) is 24.3 Å². The minimum Gasteiger partial charge on any atom is -0.420 e. The SMILES string of the molecule is O=C(Nc1ccc(OC(F)(F)Cl)cc1)c1cnc(N2CCC(OP3OCc4ccccc4CO3)C2)c(-c2ccnn2C2CCCCO2)c1. The zero-order chi connectivity index (χ0) is 33.1. The third kappa shape index (κ3) is 7.78. The first-order chi connectivity index (χ1) is 23.3. The van der Waals surface area contributed by atoms with Crippen molar-refractivity contribution in [2.24, 2.45) is 0 Å². The average Bonchev–Trinajstić information content (AvgIpc) is 3.72. The number of amides is 1. The van der Waals surface area contributed by atoms with Crippen molar-refractivity contribution in [3.8, 4) is 17.0 Å². The van der Waals surface area contributed by atoms with Crippen molar-refractivity contribution >= 4 is 37.6 Å². The second-order valence-corrected chi connectivity index (χ2v) is 13.2. The zero-order valence-electron chi connectivity index (χ0n) is 25.8. The van der Waals surface area contributed by atoms with Gasteiger partial charge in [-0.3, -0.25) is 4.79 Å². The largest absolute Gasteiger partial charge is 0.487 e. The van der Waals surface area contributed by atoms with E-state index in [0.29, 0.717) is 55.5 Å². The molecule has 11 nitrogen and oxygen atoms in total. The molecule has 2 atom stereocenters. The van der Waals surface area contributed by atoms with Gasteiger partial charge in [0.25, 0.3) is 5.91 Å². The number of anilines is 2. The Labute approximate surface area is 282 Å². The van der Waals surface area contributed by atoms with E-state index in [2.05, 4.69) is 20.1 Å². The maximum atomic E-state index is 13.4. The highest BCUT2D eigenvalue weighted by molar-refractivity contribution is 7.41. The molecule has 2 fully saturated rings. The Kier molecular flexibility index (Phi) is 9.85. The van der Waals surface area contributed by atoms with Crippen LogP contribution in [0.1, 0.15) is 53.4 Å². The molecule has 252 valence electrons. The average molecular weight is 700 g/mol. The molecule has 4 aromatic rings. The van der Waals surface area contributed by atoms with Gasteiger partial charge in [0.1, 0.15) is 11.6 Å². The van der Waals surface area contributed by atoms with Gasteiger partial charge in [0.2, 0.25) is 0 Å². The standard InChI is InChI=1S/C33H33ClF2N5O6P/c34-33(35,36)46-26-10-8-25(9-11-26)39-32(42)24-17-28(29-12-14-38-41(29)30-7-3-4-16-43-30)31(37-18-24)40-15-13-27(19-40)47-48-44-20-22-5-1-2-6-23(22)21-45-48/h1-2,5-6,8-12,14,17-18,27,30H,3-4,7,13,15-16,19-21H2,(H,39,42). The number of pyridine rings is 1. The summed E-state index contributed by atoms with van der Waals surface area (Å²) in [6, 6.07) is 17.2.